The molecule has 0 aliphatic carbocycles. The molecule has 5 nitrogen and oxygen atoms in total. The van der Waals surface area contributed by atoms with Crippen LogP contribution in [0.5, 0.6) is 0 Å². The van der Waals surface area contributed by atoms with Crippen LogP contribution < -0.4 is 0 Å². The predicted molar refractivity (Wildman–Crippen MR) is 85.4 cm³/mol. The van der Waals surface area contributed by atoms with Gasteiger partial charge in [-0.3, -0.25) is 9.59 Å². The Morgan fingerprint density at radius 2 is 1.59 bits per heavy atom. The van der Waals surface area contributed by atoms with E-state index in [0.717, 1.165) is 45.3 Å². The van der Waals surface area contributed by atoms with Gasteiger partial charge in [0.25, 0.3) is 0 Å². The van der Waals surface area contributed by atoms with Crippen LogP contribution >= 0.6 is 0 Å². The number of likely N-dealkylation sites (N-methyl/N-ethyl adjacent to an activating group) is 1. The van der Waals surface area contributed by atoms with Crippen molar-refractivity contribution in [2.75, 3.05) is 33.2 Å². The van der Waals surface area contributed by atoms with E-state index in [-0.39, 0.29) is 11.8 Å². The zero-order valence-electron chi connectivity index (χ0n) is 14.0. The third-order valence-electron chi connectivity index (χ3n) is 5.82. The second kappa shape index (κ2) is 6.57. The van der Waals surface area contributed by atoms with Gasteiger partial charge in [-0.15, -0.1) is 0 Å². The summed E-state index contributed by atoms with van der Waals surface area (Å²) < 4.78 is 0. The van der Waals surface area contributed by atoms with E-state index in [0.29, 0.717) is 24.5 Å². The van der Waals surface area contributed by atoms with Gasteiger partial charge in [0.15, 0.2) is 0 Å². The molecule has 0 aromatic carbocycles. The zero-order valence-corrected chi connectivity index (χ0v) is 14.0. The van der Waals surface area contributed by atoms with Crippen LogP contribution in [0.15, 0.2) is 0 Å². The molecule has 0 N–H and O–H groups in total. The Bertz CT molecular complexity index is 440. The van der Waals surface area contributed by atoms with Gasteiger partial charge in [-0.2, -0.15) is 0 Å². The Balaban J connectivity index is 1.66. The third-order valence-corrected chi connectivity index (χ3v) is 5.82. The number of likely N-dealkylation sites (tertiary alicyclic amines) is 3. The highest BCUT2D eigenvalue weighted by atomic mass is 16.2. The van der Waals surface area contributed by atoms with Gasteiger partial charge in [0.05, 0.1) is 5.92 Å². The minimum atomic E-state index is 0.0185. The number of carbonyl (C=O) groups is 2. The molecule has 2 amide bonds. The molecule has 3 atom stereocenters. The molecule has 0 spiro atoms. The molecule has 0 aromatic heterocycles. The molecule has 3 rings (SSSR count). The van der Waals surface area contributed by atoms with E-state index in [9.17, 15) is 9.59 Å². The van der Waals surface area contributed by atoms with Gasteiger partial charge in [0, 0.05) is 38.6 Å². The molecule has 3 saturated heterocycles. The quantitative estimate of drug-likeness (QED) is 0.773. The van der Waals surface area contributed by atoms with Crippen molar-refractivity contribution < 1.29 is 9.59 Å². The number of hydrogen-bond donors (Lipinski definition) is 0. The highest BCUT2D eigenvalue weighted by Crippen LogP contribution is 2.31. The molecule has 124 valence electrons. The molecule has 0 bridgehead atoms. The van der Waals surface area contributed by atoms with E-state index in [1.54, 1.807) is 6.92 Å². The van der Waals surface area contributed by atoms with Gasteiger partial charge in [0.1, 0.15) is 0 Å². The molecule has 0 unspecified atom stereocenters. The molecular formula is C17H29N3O2. The maximum Gasteiger partial charge on any atom is 0.227 e. The van der Waals surface area contributed by atoms with Crippen LogP contribution in [-0.2, 0) is 9.59 Å². The van der Waals surface area contributed by atoms with Gasteiger partial charge in [-0.05, 0) is 52.1 Å². The van der Waals surface area contributed by atoms with Gasteiger partial charge >= 0.3 is 0 Å². The van der Waals surface area contributed by atoms with Crippen molar-refractivity contribution in [3.63, 3.8) is 0 Å². The van der Waals surface area contributed by atoms with Crippen LogP contribution in [0.25, 0.3) is 0 Å². The van der Waals surface area contributed by atoms with E-state index in [4.69, 9.17) is 0 Å². The lowest BCUT2D eigenvalue weighted by molar-refractivity contribution is -0.141. The van der Waals surface area contributed by atoms with E-state index in [1.807, 2.05) is 4.90 Å². The number of hydrogen-bond acceptors (Lipinski definition) is 3. The topological polar surface area (TPSA) is 43.9 Å². The summed E-state index contributed by atoms with van der Waals surface area (Å²) in [5.74, 6) is 0.421. The Kier molecular flexibility index (Phi) is 4.71. The highest BCUT2D eigenvalue weighted by Gasteiger charge is 2.41. The second-order valence-corrected chi connectivity index (χ2v) is 7.24. The Hall–Kier alpha value is -1.10. The summed E-state index contributed by atoms with van der Waals surface area (Å²) >= 11 is 0. The van der Waals surface area contributed by atoms with Gasteiger partial charge < -0.3 is 14.7 Å². The minimum Gasteiger partial charge on any atom is -0.342 e. The normalized spacial score (nSPS) is 33.5. The number of rotatable bonds is 2. The van der Waals surface area contributed by atoms with E-state index in [2.05, 4.69) is 16.8 Å². The number of amides is 2. The van der Waals surface area contributed by atoms with E-state index >= 15 is 0 Å². The van der Waals surface area contributed by atoms with Crippen molar-refractivity contribution >= 4 is 11.8 Å². The SMILES string of the molecule is CC(=O)N1CCC[C@H](C(=O)N2CCC[C@H]2[C@H]2CCCN2C)C1. The average molecular weight is 307 g/mol. The molecule has 3 heterocycles. The molecular weight excluding hydrogens is 278 g/mol. The average Bonchev–Trinajstić information content (AvgIpc) is 3.14. The summed E-state index contributed by atoms with van der Waals surface area (Å²) in [7, 11) is 2.19. The summed E-state index contributed by atoms with van der Waals surface area (Å²) in [5, 5.41) is 0. The first kappa shape index (κ1) is 15.8. The molecule has 0 radical (unpaired) electrons. The fourth-order valence-electron chi connectivity index (χ4n) is 4.59. The Morgan fingerprint density at radius 3 is 2.27 bits per heavy atom. The lowest BCUT2D eigenvalue weighted by Crippen LogP contribution is -2.51. The maximum absolute atomic E-state index is 13.0. The third kappa shape index (κ3) is 3.00. The number of nitrogens with zero attached hydrogens (tertiary/aromatic N) is 3. The first-order valence-electron chi connectivity index (χ1n) is 8.84. The molecule has 3 aliphatic heterocycles. The van der Waals surface area contributed by atoms with Crippen LogP contribution in [0.3, 0.4) is 0 Å². The van der Waals surface area contributed by atoms with Gasteiger partial charge in [0.2, 0.25) is 11.8 Å². The summed E-state index contributed by atoms with van der Waals surface area (Å²) in [6.07, 6.45) is 6.63. The lowest BCUT2D eigenvalue weighted by Gasteiger charge is -2.38. The monoisotopic (exact) mass is 307 g/mol. The van der Waals surface area contributed by atoms with Crippen molar-refractivity contribution in [1.82, 2.24) is 14.7 Å². The van der Waals surface area contributed by atoms with E-state index in [1.165, 1.54) is 12.8 Å². The predicted octanol–water partition coefficient (Wildman–Crippen LogP) is 1.33. The molecule has 22 heavy (non-hydrogen) atoms. The van der Waals surface area contributed by atoms with Crippen molar-refractivity contribution in [3.8, 4) is 0 Å². The second-order valence-electron chi connectivity index (χ2n) is 7.24. The lowest BCUT2D eigenvalue weighted by atomic mass is 9.95. The van der Waals surface area contributed by atoms with Crippen LogP contribution in [-0.4, -0.2) is 71.8 Å². The minimum absolute atomic E-state index is 0.0185. The first-order chi connectivity index (χ1) is 10.6. The highest BCUT2D eigenvalue weighted by molar-refractivity contribution is 5.81. The van der Waals surface area contributed by atoms with Gasteiger partial charge in [-0.25, -0.2) is 0 Å². The summed E-state index contributed by atoms with van der Waals surface area (Å²) in [6, 6.07) is 0.937. The van der Waals surface area contributed by atoms with E-state index < -0.39 is 0 Å². The fourth-order valence-corrected chi connectivity index (χ4v) is 4.59. The first-order valence-corrected chi connectivity index (χ1v) is 8.84. The van der Waals surface area contributed by atoms with Crippen molar-refractivity contribution in [2.45, 2.75) is 57.5 Å². The van der Waals surface area contributed by atoms with Crippen LogP contribution in [0.4, 0.5) is 0 Å². The zero-order chi connectivity index (χ0) is 15.7. The van der Waals surface area contributed by atoms with Crippen molar-refractivity contribution in [3.05, 3.63) is 0 Å². The standard InChI is InChI=1S/C17H29N3O2/c1-13(21)19-10-3-6-14(12-19)17(22)20-11-5-8-16(20)15-7-4-9-18(15)2/h14-16H,3-12H2,1-2H3/t14-,15+,16-/m0/s1. The van der Waals surface area contributed by atoms with Crippen LogP contribution in [0, 0.1) is 5.92 Å². The van der Waals surface area contributed by atoms with Crippen LogP contribution in [0.1, 0.15) is 45.4 Å². The summed E-state index contributed by atoms with van der Waals surface area (Å²) in [6.45, 7) is 5.11. The fraction of sp³-hybridized carbons (Fsp3) is 0.882. The maximum atomic E-state index is 13.0. The Morgan fingerprint density at radius 1 is 0.909 bits per heavy atom. The number of piperidine rings is 1. The summed E-state index contributed by atoms with van der Waals surface area (Å²) in [5.41, 5.74) is 0. The molecule has 5 heteroatoms. The van der Waals surface area contributed by atoms with Crippen molar-refractivity contribution in [2.24, 2.45) is 5.92 Å². The molecule has 3 aliphatic rings. The smallest absolute Gasteiger partial charge is 0.227 e. The largest absolute Gasteiger partial charge is 0.342 e. The summed E-state index contributed by atoms with van der Waals surface area (Å²) in [4.78, 5) is 31.0. The Labute approximate surface area is 133 Å². The molecule has 0 aromatic rings. The number of carbonyl (C=O) groups excluding carboxylic acids is 2. The van der Waals surface area contributed by atoms with Crippen molar-refractivity contribution in [1.29, 1.82) is 0 Å². The molecule has 3 fully saturated rings. The van der Waals surface area contributed by atoms with Gasteiger partial charge in [-0.1, -0.05) is 0 Å². The van der Waals surface area contributed by atoms with Crippen LogP contribution in [0.2, 0.25) is 0 Å². The molecule has 0 saturated carbocycles.